The second-order valence-corrected chi connectivity index (χ2v) is 8.01. The molecule has 0 unspecified atom stereocenters. The Bertz CT molecular complexity index is 837. The number of Topliss-reactive ketones (excluding diaryl/α,β-unsaturated/α-hetero) is 2. The molecule has 0 spiro atoms. The Hall–Kier alpha value is -3.02. The molecule has 1 fully saturated rings. The number of methoxy groups -OCH3 is 2. The SMILES string of the molecule is COc1cccc(N(C(C)C)C2C(=O)C(N(c3cccc(OC)c3)C(C)C)C2=O)c1. The first-order valence-corrected chi connectivity index (χ1v) is 10.2. The fraction of sp³-hybridized carbons (Fsp3) is 0.417. The summed E-state index contributed by atoms with van der Waals surface area (Å²) in [5.41, 5.74) is 1.60. The van der Waals surface area contributed by atoms with Gasteiger partial charge in [-0.05, 0) is 52.0 Å². The number of hydrogen-bond acceptors (Lipinski definition) is 6. The largest absolute Gasteiger partial charge is 0.497 e. The Morgan fingerprint density at radius 1 is 0.700 bits per heavy atom. The van der Waals surface area contributed by atoms with Crippen LogP contribution in [0.5, 0.6) is 11.5 Å². The van der Waals surface area contributed by atoms with E-state index in [4.69, 9.17) is 9.47 Å². The molecule has 0 N–H and O–H groups in total. The van der Waals surface area contributed by atoms with Gasteiger partial charge in [0.05, 0.1) is 14.2 Å². The molecule has 0 aromatic heterocycles. The van der Waals surface area contributed by atoms with Crippen molar-refractivity contribution in [2.45, 2.75) is 51.9 Å². The Morgan fingerprint density at radius 2 is 1.07 bits per heavy atom. The minimum atomic E-state index is -0.797. The molecule has 1 aliphatic rings. The number of rotatable bonds is 8. The summed E-state index contributed by atoms with van der Waals surface area (Å²) in [4.78, 5) is 30.5. The van der Waals surface area contributed by atoms with Crippen LogP contribution in [0.3, 0.4) is 0 Å². The van der Waals surface area contributed by atoms with Crippen LogP contribution in [0.4, 0.5) is 11.4 Å². The zero-order valence-corrected chi connectivity index (χ0v) is 18.5. The smallest absolute Gasteiger partial charge is 0.193 e. The Balaban J connectivity index is 1.93. The molecule has 160 valence electrons. The van der Waals surface area contributed by atoms with Crippen molar-refractivity contribution in [2.75, 3.05) is 24.0 Å². The van der Waals surface area contributed by atoms with Crippen molar-refractivity contribution in [3.05, 3.63) is 48.5 Å². The average Bonchev–Trinajstić information content (AvgIpc) is 2.74. The van der Waals surface area contributed by atoms with Crippen LogP contribution in [-0.4, -0.2) is 50.0 Å². The topological polar surface area (TPSA) is 59.1 Å². The molecule has 0 radical (unpaired) electrons. The lowest BCUT2D eigenvalue weighted by Crippen LogP contribution is -2.72. The van der Waals surface area contributed by atoms with Crippen LogP contribution in [0.2, 0.25) is 0 Å². The fourth-order valence-electron chi connectivity index (χ4n) is 4.06. The normalized spacial score (nSPS) is 18.4. The van der Waals surface area contributed by atoms with Crippen molar-refractivity contribution in [3.63, 3.8) is 0 Å². The second kappa shape index (κ2) is 8.78. The zero-order chi connectivity index (χ0) is 22.0. The molecule has 6 heteroatoms. The summed E-state index contributed by atoms with van der Waals surface area (Å²) in [7, 11) is 3.20. The van der Waals surface area contributed by atoms with E-state index >= 15 is 0 Å². The van der Waals surface area contributed by atoms with Gasteiger partial charge in [0.2, 0.25) is 0 Å². The third-order valence-corrected chi connectivity index (χ3v) is 5.45. The highest BCUT2D eigenvalue weighted by Crippen LogP contribution is 2.35. The molecule has 0 bridgehead atoms. The molecule has 0 amide bonds. The number of carbonyl (C=O) groups is 2. The molecule has 1 aliphatic carbocycles. The molecule has 30 heavy (non-hydrogen) atoms. The van der Waals surface area contributed by atoms with Crippen molar-refractivity contribution < 1.29 is 19.1 Å². The number of ketones is 2. The number of benzene rings is 2. The Labute approximate surface area is 178 Å². The van der Waals surface area contributed by atoms with Crippen molar-refractivity contribution >= 4 is 22.9 Å². The van der Waals surface area contributed by atoms with E-state index in [1.54, 1.807) is 14.2 Å². The molecule has 6 nitrogen and oxygen atoms in total. The van der Waals surface area contributed by atoms with E-state index in [9.17, 15) is 9.59 Å². The molecular weight excluding hydrogens is 380 g/mol. The summed E-state index contributed by atoms with van der Waals surface area (Å²) in [5, 5.41) is 0. The third kappa shape index (κ3) is 3.86. The van der Waals surface area contributed by atoms with Gasteiger partial charge in [-0.25, -0.2) is 0 Å². The minimum absolute atomic E-state index is 0.0275. The van der Waals surface area contributed by atoms with Crippen LogP contribution in [0.1, 0.15) is 27.7 Å². The average molecular weight is 411 g/mol. The lowest BCUT2D eigenvalue weighted by Gasteiger charge is -2.48. The maximum absolute atomic E-state index is 13.4. The van der Waals surface area contributed by atoms with Gasteiger partial charge in [0, 0.05) is 35.6 Å². The van der Waals surface area contributed by atoms with Crippen molar-refractivity contribution in [3.8, 4) is 11.5 Å². The highest BCUT2D eigenvalue weighted by molar-refractivity contribution is 6.33. The van der Waals surface area contributed by atoms with Gasteiger partial charge in [0.1, 0.15) is 11.5 Å². The maximum Gasteiger partial charge on any atom is 0.193 e. The Morgan fingerprint density at radius 3 is 1.37 bits per heavy atom. The van der Waals surface area contributed by atoms with Crippen molar-refractivity contribution in [1.82, 2.24) is 0 Å². The summed E-state index contributed by atoms with van der Waals surface area (Å²) >= 11 is 0. The molecule has 0 atom stereocenters. The van der Waals surface area contributed by atoms with E-state index in [1.165, 1.54) is 0 Å². The van der Waals surface area contributed by atoms with Crippen LogP contribution in [-0.2, 0) is 9.59 Å². The number of carbonyl (C=O) groups excluding carboxylic acids is 2. The van der Waals surface area contributed by atoms with Crippen molar-refractivity contribution in [1.29, 1.82) is 0 Å². The number of ether oxygens (including phenoxy) is 2. The monoisotopic (exact) mass is 410 g/mol. The van der Waals surface area contributed by atoms with E-state index in [0.717, 1.165) is 11.4 Å². The molecule has 2 aromatic rings. The van der Waals surface area contributed by atoms with Gasteiger partial charge in [0.15, 0.2) is 23.7 Å². The predicted octanol–water partition coefficient (Wildman–Crippen LogP) is 3.72. The molecule has 3 rings (SSSR count). The van der Waals surface area contributed by atoms with Gasteiger partial charge in [-0.3, -0.25) is 9.59 Å². The van der Waals surface area contributed by atoms with Crippen LogP contribution >= 0.6 is 0 Å². The van der Waals surface area contributed by atoms with Gasteiger partial charge < -0.3 is 19.3 Å². The summed E-state index contributed by atoms with van der Waals surface area (Å²) < 4.78 is 10.6. The summed E-state index contributed by atoms with van der Waals surface area (Å²) in [6.45, 7) is 7.93. The van der Waals surface area contributed by atoms with E-state index in [2.05, 4.69) is 0 Å². The Kier molecular flexibility index (Phi) is 6.34. The van der Waals surface area contributed by atoms with Gasteiger partial charge in [-0.1, -0.05) is 12.1 Å². The van der Waals surface area contributed by atoms with E-state index in [1.807, 2.05) is 86.0 Å². The molecule has 0 heterocycles. The van der Waals surface area contributed by atoms with Crippen LogP contribution in [0.15, 0.2) is 48.5 Å². The molecule has 1 saturated carbocycles. The highest BCUT2D eigenvalue weighted by Gasteiger charge is 2.56. The first-order valence-electron chi connectivity index (χ1n) is 10.2. The van der Waals surface area contributed by atoms with Gasteiger partial charge in [-0.15, -0.1) is 0 Å². The van der Waals surface area contributed by atoms with Crippen molar-refractivity contribution in [2.24, 2.45) is 0 Å². The number of anilines is 2. The summed E-state index contributed by atoms with van der Waals surface area (Å²) in [6, 6.07) is 13.3. The van der Waals surface area contributed by atoms with E-state index in [-0.39, 0.29) is 23.7 Å². The van der Waals surface area contributed by atoms with Crippen LogP contribution in [0, 0.1) is 0 Å². The van der Waals surface area contributed by atoms with E-state index < -0.39 is 12.1 Å². The number of nitrogens with zero attached hydrogens (tertiary/aromatic N) is 2. The third-order valence-electron chi connectivity index (χ3n) is 5.45. The molecule has 2 aromatic carbocycles. The first-order chi connectivity index (χ1) is 14.3. The number of hydrogen-bond donors (Lipinski definition) is 0. The fourth-order valence-corrected chi connectivity index (χ4v) is 4.06. The summed E-state index contributed by atoms with van der Waals surface area (Å²) in [6.07, 6.45) is 0. The first kappa shape index (κ1) is 21.7. The summed E-state index contributed by atoms with van der Waals surface area (Å²) in [5.74, 6) is 1.20. The lowest BCUT2D eigenvalue weighted by molar-refractivity contribution is -0.142. The second-order valence-electron chi connectivity index (χ2n) is 8.01. The van der Waals surface area contributed by atoms with Gasteiger partial charge in [-0.2, -0.15) is 0 Å². The van der Waals surface area contributed by atoms with Crippen LogP contribution < -0.4 is 19.3 Å². The highest BCUT2D eigenvalue weighted by atomic mass is 16.5. The predicted molar refractivity (Wildman–Crippen MR) is 119 cm³/mol. The quantitative estimate of drug-likeness (QED) is 0.618. The maximum atomic E-state index is 13.4. The zero-order valence-electron chi connectivity index (χ0n) is 18.5. The van der Waals surface area contributed by atoms with E-state index in [0.29, 0.717) is 11.5 Å². The molecule has 0 saturated heterocycles. The minimum Gasteiger partial charge on any atom is -0.497 e. The molecule has 0 aliphatic heterocycles. The van der Waals surface area contributed by atoms with Gasteiger partial charge in [0.25, 0.3) is 0 Å². The lowest BCUT2D eigenvalue weighted by atomic mass is 9.79. The van der Waals surface area contributed by atoms with Crippen LogP contribution in [0.25, 0.3) is 0 Å². The standard InChI is InChI=1S/C24H30N2O4/c1-15(2)25(17-9-7-11-19(13-17)29-5)21-23(27)22(24(21)28)26(16(3)4)18-10-8-12-20(14-18)30-6/h7-16,21-22H,1-6H3. The molecular formula is C24H30N2O4. The van der Waals surface area contributed by atoms with Gasteiger partial charge >= 0.3 is 0 Å².